The maximum atomic E-state index is 11.7. The Hall–Kier alpha value is -1.39. The number of rotatable bonds is 4. The molecule has 0 radical (unpaired) electrons. The first-order chi connectivity index (χ1) is 6.93. The van der Waals surface area contributed by atoms with E-state index in [4.69, 9.17) is 22.4 Å². The molecular formula is C10H10ClNO3. The van der Waals surface area contributed by atoms with Crippen molar-refractivity contribution in [3.8, 4) is 0 Å². The monoisotopic (exact) mass is 227 g/mol. The summed E-state index contributed by atoms with van der Waals surface area (Å²) in [6.07, 6.45) is -0.609. The highest BCUT2D eigenvalue weighted by atomic mass is 35.5. The van der Waals surface area contributed by atoms with Gasteiger partial charge in [-0.3, -0.25) is 9.59 Å². The molecule has 1 rings (SSSR count). The van der Waals surface area contributed by atoms with Crippen LogP contribution < -0.4 is 5.73 Å². The van der Waals surface area contributed by atoms with E-state index in [9.17, 15) is 9.59 Å². The molecule has 5 heteroatoms. The quantitative estimate of drug-likeness (QED) is 0.461. The molecule has 1 unspecified atom stereocenters. The van der Waals surface area contributed by atoms with Crippen molar-refractivity contribution in [1.29, 1.82) is 0 Å². The number of ketones is 1. The summed E-state index contributed by atoms with van der Waals surface area (Å²) in [7, 11) is 0. The highest BCUT2D eigenvalue weighted by Gasteiger charge is 2.34. The van der Waals surface area contributed by atoms with Gasteiger partial charge < -0.3 is 10.8 Å². The number of nitrogens with two attached hydrogens (primary N) is 1. The summed E-state index contributed by atoms with van der Waals surface area (Å²) in [5, 5.41) is 8.53. The van der Waals surface area contributed by atoms with Crippen molar-refractivity contribution in [2.24, 2.45) is 5.73 Å². The number of hydrogen-bond donors (Lipinski definition) is 2. The summed E-state index contributed by atoms with van der Waals surface area (Å²) in [5.74, 6) is -1.80. The van der Waals surface area contributed by atoms with E-state index < -0.39 is 23.2 Å². The average molecular weight is 228 g/mol. The molecule has 1 aromatic rings. The lowest BCUT2D eigenvalue weighted by molar-refractivity contribution is -0.137. The van der Waals surface area contributed by atoms with Crippen LogP contribution in [-0.4, -0.2) is 21.9 Å². The first kappa shape index (κ1) is 11.7. The maximum absolute atomic E-state index is 11.7. The summed E-state index contributed by atoms with van der Waals surface area (Å²) in [5.41, 5.74) is 5.73. The third kappa shape index (κ3) is 3.04. The van der Waals surface area contributed by atoms with Gasteiger partial charge in [-0.25, -0.2) is 0 Å². The maximum Gasteiger partial charge on any atom is 0.306 e. The van der Waals surface area contributed by atoms with E-state index in [1.807, 2.05) is 0 Å². The number of alkyl halides is 1. The molecule has 0 aliphatic heterocycles. The van der Waals surface area contributed by atoms with E-state index in [0.29, 0.717) is 5.56 Å². The summed E-state index contributed by atoms with van der Waals surface area (Å²) in [6.45, 7) is 0. The van der Waals surface area contributed by atoms with Gasteiger partial charge in [0.05, 0.1) is 6.42 Å². The van der Waals surface area contributed by atoms with Gasteiger partial charge in [-0.1, -0.05) is 41.9 Å². The van der Waals surface area contributed by atoms with Gasteiger partial charge in [0.1, 0.15) is 0 Å². The molecule has 0 aliphatic carbocycles. The molecule has 0 aromatic heterocycles. The second kappa shape index (κ2) is 4.42. The minimum Gasteiger partial charge on any atom is -0.481 e. The first-order valence-electron chi connectivity index (χ1n) is 4.23. The van der Waals surface area contributed by atoms with Crippen molar-refractivity contribution in [1.82, 2.24) is 0 Å². The third-order valence-corrected chi connectivity index (χ3v) is 2.13. The van der Waals surface area contributed by atoms with Crippen LogP contribution in [0.1, 0.15) is 16.8 Å². The van der Waals surface area contributed by atoms with Crippen LogP contribution in [0.4, 0.5) is 0 Å². The molecule has 0 heterocycles. The molecule has 3 N–H and O–H groups in total. The Balaban J connectivity index is 2.89. The van der Waals surface area contributed by atoms with Gasteiger partial charge in [-0.15, -0.1) is 0 Å². The SMILES string of the molecule is NC(Cl)(CC(=O)O)C(=O)c1ccccc1. The number of Topliss-reactive ketones (excluding diaryl/α,β-unsaturated/α-hetero) is 1. The molecule has 0 spiro atoms. The zero-order valence-electron chi connectivity index (χ0n) is 7.81. The molecule has 0 saturated heterocycles. The topological polar surface area (TPSA) is 80.4 Å². The molecule has 0 aliphatic rings. The lowest BCUT2D eigenvalue weighted by Gasteiger charge is -2.17. The Morgan fingerprint density at radius 1 is 1.33 bits per heavy atom. The van der Waals surface area contributed by atoms with Crippen molar-refractivity contribution >= 4 is 23.4 Å². The van der Waals surface area contributed by atoms with Crippen LogP contribution in [0, 0.1) is 0 Å². The smallest absolute Gasteiger partial charge is 0.306 e. The second-order valence-corrected chi connectivity index (χ2v) is 3.80. The fraction of sp³-hybridized carbons (Fsp3) is 0.200. The number of halogens is 1. The Bertz CT molecular complexity index is 376. The second-order valence-electron chi connectivity index (χ2n) is 3.13. The van der Waals surface area contributed by atoms with Gasteiger partial charge in [0.2, 0.25) is 0 Å². The van der Waals surface area contributed by atoms with Crippen molar-refractivity contribution in [2.45, 2.75) is 11.4 Å². The zero-order valence-corrected chi connectivity index (χ0v) is 8.57. The number of carbonyl (C=O) groups is 2. The summed E-state index contributed by atoms with van der Waals surface area (Å²) in [6, 6.07) is 8.12. The van der Waals surface area contributed by atoms with Gasteiger partial charge in [0, 0.05) is 5.56 Å². The minimum atomic E-state index is -1.88. The number of aliphatic carboxylic acids is 1. The number of carbonyl (C=O) groups excluding carboxylic acids is 1. The van der Waals surface area contributed by atoms with Crippen LogP contribution in [-0.2, 0) is 4.79 Å². The molecule has 4 nitrogen and oxygen atoms in total. The third-order valence-electron chi connectivity index (χ3n) is 1.82. The van der Waals surface area contributed by atoms with Crippen LogP contribution >= 0.6 is 11.6 Å². The standard InChI is InChI=1S/C10H10ClNO3/c11-10(12,6-8(13)14)9(15)7-4-2-1-3-5-7/h1-5H,6,12H2,(H,13,14). The molecule has 0 fully saturated rings. The molecule has 1 atom stereocenters. The number of carboxylic acid groups (broad SMARTS) is 1. The van der Waals surface area contributed by atoms with Gasteiger partial charge in [-0.2, -0.15) is 0 Å². The lowest BCUT2D eigenvalue weighted by Crippen LogP contribution is -2.44. The van der Waals surface area contributed by atoms with Crippen LogP contribution in [0.25, 0.3) is 0 Å². The lowest BCUT2D eigenvalue weighted by atomic mass is 10.0. The van der Waals surface area contributed by atoms with Gasteiger partial charge in [-0.05, 0) is 0 Å². The Morgan fingerprint density at radius 2 is 1.87 bits per heavy atom. The number of carboxylic acids is 1. The van der Waals surface area contributed by atoms with E-state index in [-0.39, 0.29) is 0 Å². The predicted molar refractivity (Wildman–Crippen MR) is 55.8 cm³/mol. The fourth-order valence-electron chi connectivity index (χ4n) is 1.13. The molecule has 0 saturated carbocycles. The van der Waals surface area contributed by atoms with E-state index in [1.54, 1.807) is 18.2 Å². The summed E-state index contributed by atoms with van der Waals surface area (Å²) in [4.78, 5) is 20.2. The van der Waals surface area contributed by atoms with E-state index >= 15 is 0 Å². The van der Waals surface area contributed by atoms with E-state index in [0.717, 1.165) is 0 Å². The minimum absolute atomic E-state index is 0.302. The Labute approximate surface area is 91.7 Å². The Morgan fingerprint density at radius 3 is 2.33 bits per heavy atom. The van der Waals surface area contributed by atoms with Crippen LogP contribution in [0.5, 0.6) is 0 Å². The van der Waals surface area contributed by atoms with Crippen molar-refractivity contribution in [3.05, 3.63) is 35.9 Å². The highest BCUT2D eigenvalue weighted by molar-refractivity contribution is 6.38. The van der Waals surface area contributed by atoms with Gasteiger partial charge in [0.25, 0.3) is 0 Å². The van der Waals surface area contributed by atoms with Crippen LogP contribution in [0.2, 0.25) is 0 Å². The van der Waals surface area contributed by atoms with Crippen LogP contribution in [0.3, 0.4) is 0 Å². The molecule has 80 valence electrons. The van der Waals surface area contributed by atoms with Crippen molar-refractivity contribution in [3.63, 3.8) is 0 Å². The van der Waals surface area contributed by atoms with Crippen molar-refractivity contribution < 1.29 is 14.7 Å². The summed E-state index contributed by atoms with van der Waals surface area (Å²) >= 11 is 5.66. The van der Waals surface area contributed by atoms with Gasteiger partial charge >= 0.3 is 5.97 Å². The van der Waals surface area contributed by atoms with Crippen LogP contribution in [0.15, 0.2) is 30.3 Å². The predicted octanol–water partition coefficient (Wildman–Crippen LogP) is 1.24. The molecule has 0 amide bonds. The van der Waals surface area contributed by atoms with E-state index in [2.05, 4.69) is 0 Å². The van der Waals surface area contributed by atoms with E-state index in [1.165, 1.54) is 12.1 Å². The first-order valence-corrected chi connectivity index (χ1v) is 4.61. The fourth-order valence-corrected chi connectivity index (χ4v) is 1.35. The molecule has 1 aromatic carbocycles. The van der Waals surface area contributed by atoms with Gasteiger partial charge in [0.15, 0.2) is 10.8 Å². The van der Waals surface area contributed by atoms with Crippen molar-refractivity contribution in [2.75, 3.05) is 0 Å². The Kier molecular flexibility index (Phi) is 3.44. The largest absolute Gasteiger partial charge is 0.481 e. The zero-order chi connectivity index (χ0) is 11.5. The molecular weight excluding hydrogens is 218 g/mol. The normalized spacial score (nSPS) is 14.3. The highest BCUT2D eigenvalue weighted by Crippen LogP contribution is 2.19. The number of benzene rings is 1. The molecule has 15 heavy (non-hydrogen) atoms. The number of hydrogen-bond acceptors (Lipinski definition) is 3. The molecule has 0 bridgehead atoms. The average Bonchev–Trinajstić information content (AvgIpc) is 2.16. The summed E-state index contributed by atoms with van der Waals surface area (Å²) < 4.78 is 0.